The van der Waals surface area contributed by atoms with Gasteiger partial charge in [0.1, 0.15) is 12.4 Å². The summed E-state index contributed by atoms with van der Waals surface area (Å²) in [4.78, 5) is 30.1. The first-order chi connectivity index (χ1) is 15.5. The fourth-order valence-electron chi connectivity index (χ4n) is 3.14. The molecule has 2 heterocycles. The van der Waals surface area contributed by atoms with E-state index in [9.17, 15) is 9.59 Å². The van der Waals surface area contributed by atoms with Crippen LogP contribution in [0.2, 0.25) is 0 Å². The topological polar surface area (TPSA) is 91.2 Å². The second-order valence-electron chi connectivity index (χ2n) is 6.95. The summed E-state index contributed by atoms with van der Waals surface area (Å²) < 4.78 is 17.9. The Labute approximate surface area is 188 Å². The van der Waals surface area contributed by atoms with Crippen molar-refractivity contribution in [1.82, 2.24) is 9.38 Å². The highest BCUT2D eigenvalue weighted by molar-refractivity contribution is 7.15. The van der Waals surface area contributed by atoms with Crippen molar-refractivity contribution >= 4 is 27.9 Å². The van der Waals surface area contributed by atoms with E-state index in [-0.39, 0.29) is 18.1 Å². The van der Waals surface area contributed by atoms with E-state index in [1.54, 1.807) is 35.8 Å². The monoisotopic (exact) mass is 451 g/mol. The molecule has 0 atom stereocenters. The van der Waals surface area contributed by atoms with Crippen LogP contribution in [0.1, 0.15) is 21.6 Å². The third-order valence-corrected chi connectivity index (χ3v) is 5.52. The lowest BCUT2D eigenvalue weighted by Crippen LogP contribution is -2.15. The highest BCUT2D eigenvalue weighted by atomic mass is 32.1. The Bertz CT molecular complexity index is 1350. The van der Waals surface area contributed by atoms with Crippen LogP contribution in [0.15, 0.2) is 58.8 Å². The summed E-state index contributed by atoms with van der Waals surface area (Å²) in [5.74, 6) is 1.15. The Morgan fingerprint density at radius 3 is 2.66 bits per heavy atom. The van der Waals surface area contributed by atoms with Crippen molar-refractivity contribution in [2.24, 2.45) is 0 Å². The highest BCUT2D eigenvalue weighted by Gasteiger charge is 2.14. The molecule has 164 valence electrons. The van der Waals surface area contributed by atoms with Gasteiger partial charge in [0, 0.05) is 23.2 Å². The fourth-order valence-corrected chi connectivity index (χ4v) is 3.88. The van der Waals surface area contributed by atoms with Crippen LogP contribution in [-0.2, 0) is 6.61 Å². The van der Waals surface area contributed by atoms with E-state index in [4.69, 9.17) is 14.2 Å². The Kier molecular flexibility index (Phi) is 6.09. The molecular weight excluding hydrogens is 430 g/mol. The third kappa shape index (κ3) is 4.42. The molecule has 2 aromatic carbocycles. The van der Waals surface area contributed by atoms with E-state index in [0.717, 1.165) is 5.56 Å². The fraction of sp³-hybridized carbons (Fsp3) is 0.174. The van der Waals surface area contributed by atoms with Crippen molar-refractivity contribution in [3.05, 3.63) is 81.2 Å². The van der Waals surface area contributed by atoms with Crippen molar-refractivity contribution in [1.29, 1.82) is 0 Å². The maximum atomic E-state index is 12.8. The lowest BCUT2D eigenvalue weighted by atomic mass is 10.1. The predicted octanol–water partition coefficient (Wildman–Crippen LogP) is 3.91. The smallest absolute Gasteiger partial charge is 0.258 e. The maximum absolute atomic E-state index is 12.8. The summed E-state index contributed by atoms with van der Waals surface area (Å²) in [7, 11) is 3.05. The molecule has 9 heteroatoms. The van der Waals surface area contributed by atoms with Gasteiger partial charge in [-0.15, -0.1) is 11.3 Å². The SMILES string of the molecule is COc1ccc(C(=O)Nc2ccc(C)cc2OCc2cc(=O)n3ccsc3n2)cc1OC. The van der Waals surface area contributed by atoms with Crippen LogP contribution < -0.4 is 25.1 Å². The number of amides is 1. The average Bonchev–Trinajstić information content (AvgIpc) is 3.28. The van der Waals surface area contributed by atoms with Crippen LogP contribution in [0.4, 0.5) is 5.69 Å². The molecule has 0 aliphatic heterocycles. The number of hydrogen-bond acceptors (Lipinski definition) is 7. The molecule has 0 fully saturated rings. The van der Waals surface area contributed by atoms with Gasteiger partial charge in [0.25, 0.3) is 11.5 Å². The number of rotatable bonds is 7. The van der Waals surface area contributed by atoms with Gasteiger partial charge in [0.05, 0.1) is 25.6 Å². The summed E-state index contributed by atoms with van der Waals surface area (Å²) >= 11 is 1.37. The number of carbonyl (C=O) groups excluding carboxylic acids is 1. The Morgan fingerprint density at radius 2 is 1.88 bits per heavy atom. The molecule has 4 aromatic rings. The van der Waals surface area contributed by atoms with Gasteiger partial charge in [0.2, 0.25) is 0 Å². The number of anilines is 1. The number of nitrogens with one attached hydrogen (secondary N) is 1. The first kappa shape index (κ1) is 21.4. The van der Waals surface area contributed by atoms with Crippen molar-refractivity contribution in [3.8, 4) is 17.2 Å². The van der Waals surface area contributed by atoms with Crippen molar-refractivity contribution < 1.29 is 19.0 Å². The summed E-state index contributed by atoms with van der Waals surface area (Å²) in [6, 6.07) is 11.8. The molecule has 4 rings (SSSR count). The van der Waals surface area contributed by atoms with Crippen molar-refractivity contribution in [2.45, 2.75) is 13.5 Å². The second kappa shape index (κ2) is 9.11. The van der Waals surface area contributed by atoms with Crippen molar-refractivity contribution in [2.75, 3.05) is 19.5 Å². The van der Waals surface area contributed by atoms with E-state index in [2.05, 4.69) is 10.3 Å². The van der Waals surface area contributed by atoms with Crippen molar-refractivity contribution in [3.63, 3.8) is 0 Å². The lowest BCUT2D eigenvalue weighted by molar-refractivity contribution is 0.102. The summed E-state index contributed by atoms with van der Waals surface area (Å²) in [6.07, 6.45) is 1.68. The minimum absolute atomic E-state index is 0.0896. The number of fused-ring (bicyclic) bond motifs is 1. The molecule has 0 saturated heterocycles. The predicted molar refractivity (Wildman–Crippen MR) is 122 cm³/mol. The molecule has 1 N–H and O–H groups in total. The zero-order valence-corrected chi connectivity index (χ0v) is 18.6. The molecule has 0 unspecified atom stereocenters. The minimum Gasteiger partial charge on any atom is -0.493 e. The molecule has 2 aromatic heterocycles. The van der Waals surface area contributed by atoms with E-state index < -0.39 is 0 Å². The number of aromatic nitrogens is 2. The minimum atomic E-state index is -0.323. The van der Waals surface area contributed by atoms with Gasteiger partial charge < -0.3 is 19.5 Å². The third-order valence-electron chi connectivity index (χ3n) is 4.76. The van der Waals surface area contributed by atoms with E-state index in [1.165, 1.54) is 36.0 Å². The molecular formula is C23H21N3O5S. The van der Waals surface area contributed by atoms with Gasteiger partial charge in [0.15, 0.2) is 16.5 Å². The standard InChI is InChI=1S/C23H21N3O5S/c1-14-4-6-17(25-22(28)15-5-7-18(29-2)20(11-15)30-3)19(10-14)31-13-16-12-21(27)26-8-9-32-23(26)24-16/h4-12H,13H2,1-3H3,(H,25,28). The zero-order valence-electron chi connectivity index (χ0n) is 17.7. The van der Waals surface area contributed by atoms with Gasteiger partial charge in [-0.05, 0) is 42.8 Å². The van der Waals surface area contributed by atoms with Crippen LogP contribution >= 0.6 is 11.3 Å². The van der Waals surface area contributed by atoms with Crippen LogP contribution in [-0.4, -0.2) is 29.5 Å². The summed E-state index contributed by atoms with van der Waals surface area (Å²) in [5, 5.41) is 4.67. The molecule has 1 amide bonds. The maximum Gasteiger partial charge on any atom is 0.258 e. The van der Waals surface area contributed by atoms with E-state index in [1.807, 2.05) is 19.1 Å². The van der Waals surface area contributed by atoms with Gasteiger partial charge in [-0.2, -0.15) is 0 Å². The van der Waals surface area contributed by atoms with E-state index in [0.29, 0.717) is 39.2 Å². The van der Waals surface area contributed by atoms with Crippen LogP contribution in [0.3, 0.4) is 0 Å². The van der Waals surface area contributed by atoms with Gasteiger partial charge in [-0.1, -0.05) is 6.07 Å². The van der Waals surface area contributed by atoms with Gasteiger partial charge in [-0.3, -0.25) is 14.0 Å². The molecule has 0 aliphatic rings. The molecule has 32 heavy (non-hydrogen) atoms. The molecule has 8 nitrogen and oxygen atoms in total. The molecule has 0 saturated carbocycles. The number of thiazole rings is 1. The number of carbonyl (C=O) groups is 1. The molecule has 0 bridgehead atoms. The lowest BCUT2D eigenvalue weighted by Gasteiger charge is -2.14. The normalized spacial score (nSPS) is 10.7. The van der Waals surface area contributed by atoms with E-state index >= 15 is 0 Å². The number of methoxy groups -OCH3 is 2. The largest absolute Gasteiger partial charge is 0.493 e. The first-order valence-electron chi connectivity index (χ1n) is 9.71. The average molecular weight is 452 g/mol. The number of benzene rings is 2. The number of nitrogens with zero attached hydrogens (tertiary/aromatic N) is 2. The summed E-state index contributed by atoms with van der Waals surface area (Å²) in [6.45, 7) is 2.02. The molecule has 0 aliphatic carbocycles. The van der Waals surface area contributed by atoms with Crippen LogP contribution in [0, 0.1) is 6.92 Å². The Balaban J connectivity index is 1.55. The Hall–Kier alpha value is -3.85. The highest BCUT2D eigenvalue weighted by Crippen LogP contribution is 2.30. The van der Waals surface area contributed by atoms with Gasteiger partial charge >= 0.3 is 0 Å². The van der Waals surface area contributed by atoms with Gasteiger partial charge in [-0.25, -0.2) is 4.98 Å². The number of aryl methyl sites for hydroxylation is 1. The summed E-state index contributed by atoms with van der Waals surface area (Å²) in [5.41, 5.74) is 2.22. The number of ether oxygens (including phenoxy) is 3. The molecule has 0 radical (unpaired) electrons. The number of hydrogen-bond donors (Lipinski definition) is 1. The Morgan fingerprint density at radius 1 is 1.06 bits per heavy atom. The zero-order chi connectivity index (χ0) is 22.7. The second-order valence-corrected chi connectivity index (χ2v) is 7.83. The molecule has 0 spiro atoms. The quantitative estimate of drug-likeness (QED) is 0.458. The van der Waals surface area contributed by atoms with Crippen LogP contribution in [0.5, 0.6) is 17.2 Å². The first-order valence-corrected chi connectivity index (χ1v) is 10.6. The van der Waals surface area contributed by atoms with Crippen LogP contribution in [0.25, 0.3) is 4.96 Å².